The highest BCUT2D eigenvalue weighted by Crippen LogP contribution is 2.45. The van der Waals surface area contributed by atoms with E-state index in [1.807, 2.05) is 18.2 Å². The first-order valence-electron chi connectivity index (χ1n) is 18.9. The van der Waals surface area contributed by atoms with Gasteiger partial charge in [0, 0.05) is 47.6 Å². The lowest BCUT2D eigenvalue weighted by Crippen LogP contribution is -2.01. The van der Waals surface area contributed by atoms with Crippen molar-refractivity contribution in [3.05, 3.63) is 182 Å². The molecule has 4 nitrogen and oxygen atoms in total. The smallest absolute Gasteiger partial charge is 0.165 e. The summed E-state index contributed by atoms with van der Waals surface area (Å²) in [6.07, 6.45) is 0. The van der Waals surface area contributed by atoms with Gasteiger partial charge in [0.1, 0.15) is 0 Å². The second kappa shape index (κ2) is 12.2. The van der Waals surface area contributed by atoms with Crippen molar-refractivity contribution >= 4 is 85.6 Å². The van der Waals surface area contributed by atoms with E-state index in [-0.39, 0.29) is 0 Å². The third kappa shape index (κ3) is 4.75. The van der Waals surface area contributed by atoms with Gasteiger partial charge in [-0.2, -0.15) is 0 Å². The Morgan fingerprint density at radius 1 is 0.375 bits per heavy atom. The zero-order valence-electron chi connectivity index (χ0n) is 30.0. The molecule has 0 aliphatic rings. The van der Waals surface area contributed by atoms with Crippen LogP contribution in [0, 0.1) is 0 Å². The third-order valence-electron chi connectivity index (χ3n) is 11.2. The number of hydrogen-bond acceptors (Lipinski definition) is 4. The van der Waals surface area contributed by atoms with Crippen molar-refractivity contribution in [3.63, 3.8) is 0 Å². The van der Waals surface area contributed by atoms with E-state index in [9.17, 15) is 0 Å². The van der Waals surface area contributed by atoms with Crippen molar-refractivity contribution in [1.29, 1.82) is 0 Å². The first-order valence-corrected chi connectivity index (χ1v) is 19.7. The average molecular weight is 731 g/mol. The molecule has 56 heavy (non-hydrogen) atoms. The molecule has 0 aliphatic carbocycles. The van der Waals surface area contributed by atoms with Crippen molar-refractivity contribution in [3.8, 4) is 39.9 Å². The summed E-state index contributed by atoms with van der Waals surface area (Å²) >= 11 is 1.80. The highest BCUT2D eigenvalue weighted by molar-refractivity contribution is 7.26. The Kier molecular flexibility index (Phi) is 6.76. The number of para-hydroxylation sites is 1. The van der Waals surface area contributed by atoms with E-state index < -0.39 is 0 Å². The number of benzene rings is 9. The lowest BCUT2D eigenvalue weighted by atomic mass is 10.00. The fraction of sp³-hybridized carbons (Fsp3) is 0. The molecule has 12 rings (SSSR count). The Morgan fingerprint density at radius 3 is 1.88 bits per heavy atom. The maximum Gasteiger partial charge on any atom is 0.165 e. The molecule has 5 heteroatoms. The number of fused-ring (bicyclic) bond motifs is 10. The number of nitrogens with zero attached hydrogens (tertiary/aromatic N) is 4. The number of thiophene rings is 1. The topological polar surface area (TPSA) is 43.6 Å². The molecular formula is C51H30N4S. The van der Waals surface area contributed by atoms with E-state index in [1.165, 1.54) is 64.2 Å². The van der Waals surface area contributed by atoms with Crippen LogP contribution in [0.5, 0.6) is 0 Å². The summed E-state index contributed by atoms with van der Waals surface area (Å²) in [7, 11) is 0. The van der Waals surface area contributed by atoms with Crippen LogP contribution < -0.4 is 0 Å². The maximum atomic E-state index is 5.29. The Morgan fingerprint density at radius 2 is 1.02 bits per heavy atom. The van der Waals surface area contributed by atoms with Crippen molar-refractivity contribution in [2.24, 2.45) is 0 Å². The number of rotatable bonds is 4. The van der Waals surface area contributed by atoms with Crippen LogP contribution in [0.2, 0.25) is 0 Å². The largest absolute Gasteiger partial charge is 0.309 e. The van der Waals surface area contributed by atoms with Gasteiger partial charge in [0.2, 0.25) is 0 Å². The lowest BCUT2D eigenvalue weighted by molar-refractivity contribution is 1.08. The van der Waals surface area contributed by atoms with Gasteiger partial charge in [0.15, 0.2) is 17.5 Å². The van der Waals surface area contributed by atoms with Crippen LogP contribution in [0.4, 0.5) is 0 Å². The van der Waals surface area contributed by atoms with E-state index in [0.29, 0.717) is 17.5 Å². The predicted molar refractivity (Wildman–Crippen MR) is 236 cm³/mol. The van der Waals surface area contributed by atoms with Gasteiger partial charge in [0.05, 0.1) is 16.7 Å². The molecule has 260 valence electrons. The summed E-state index contributed by atoms with van der Waals surface area (Å²) in [5, 5.41) is 12.2. The second-order valence-corrected chi connectivity index (χ2v) is 15.5. The number of hydrogen-bond donors (Lipinski definition) is 0. The van der Waals surface area contributed by atoms with Gasteiger partial charge in [-0.25, -0.2) is 15.0 Å². The standard InChI is InChI=1S/C51H30N4S/c1-2-13-32(14-3-1)49-52-50(36-24-25-38-35(28-36)23-22-31-12-6-7-17-37(31)38)54-51(53-49)41-26-27-44(47-40-19-9-11-21-46(40)56-48(41)47)55-43-20-10-8-18-39(43)42-29-33-15-4-5-16-34(33)30-45(42)55/h1-30H. The molecular weight excluding hydrogens is 701 g/mol. The Bertz CT molecular complexity index is 3540. The second-order valence-electron chi connectivity index (χ2n) is 14.4. The summed E-state index contributed by atoms with van der Waals surface area (Å²) in [5.74, 6) is 1.96. The predicted octanol–water partition coefficient (Wildman–Crippen LogP) is 13.8. The van der Waals surface area contributed by atoms with Gasteiger partial charge < -0.3 is 4.57 Å². The van der Waals surface area contributed by atoms with Gasteiger partial charge in [-0.1, -0.05) is 140 Å². The summed E-state index contributed by atoms with van der Waals surface area (Å²) in [6, 6.07) is 65.0. The van der Waals surface area contributed by atoms with E-state index in [0.717, 1.165) is 32.5 Å². The average Bonchev–Trinajstić information content (AvgIpc) is 3.81. The first kappa shape index (κ1) is 31.2. The van der Waals surface area contributed by atoms with E-state index in [2.05, 4.69) is 168 Å². The van der Waals surface area contributed by atoms with Crippen molar-refractivity contribution < 1.29 is 0 Å². The van der Waals surface area contributed by atoms with Crippen LogP contribution in [0.25, 0.3) is 114 Å². The molecule has 0 amide bonds. The van der Waals surface area contributed by atoms with Crippen LogP contribution in [0.3, 0.4) is 0 Å². The zero-order chi connectivity index (χ0) is 36.7. The molecule has 0 fully saturated rings. The Balaban J connectivity index is 1.13. The molecule has 0 bridgehead atoms. The minimum absolute atomic E-state index is 0.650. The normalized spacial score (nSPS) is 11.9. The summed E-state index contributed by atoms with van der Waals surface area (Å²) < 4.78 is 4.83. The van der Waals surface area contributed by atoms with Crippen molar-refractivity contribution in [2.75, 3.05) is 0 Å². The number of aromatic nitrogens is 4. The van der Waals surface area contributed by atoms with E-state index >= 15 is 0 Å². The minimum atomic E-state index is 0.650. The van der Waals surface area contributed by atoms with Gasteiger partial charge in [0.25, 0.3) is 0 Å². The molecule has 0 saturated heterocycles. The monoisotopic (exact) mass is 730 g/mol. The highest BCUT2D eigenvalue weighted by atomic mass is 32.1. The maximum absolute atomic E-state index is 5.29. The highest BCUT2D eigenvalue weighted by Gasteiger charge is 2.22. The molecule has 0 atom stereocenters. The van der Waals surface area contributed by atoms with Crippen LogP contribution in [0.15, 0.2) is 182 Å². The quantitative estimate of drug-likeness (QED) is 0.169. The summed E-state index contributed by atoms with van der Waals surface area (Å²) in [4.78, 5) is 15.6. The molecule has 3 aromatic heterocycles. The molecule has 0 N–H and O–H groups in total. The van der Waals surface area contributed by atoms with Crippen molar-refractivity contribution in [2.45, 2.75) is 0 Å². The summed E-state index contributed by atoms with van der Waals surface area (Å²) in [6.45, 7) is 0. The molecule has 9 aromatic carbocycles. The van der Waals surface area contributed by atoms with Gasteiger partial charge in [-0.15, -0.1) is 11.3 Å². The van der Waals surface area contributed by atoms with Crippen LogP contribution in [-0.4, -0.2) is 19.5 Å². The molecule has 0 saturated carbocycles. The van der Waals surface area contributed by atoms with E-state index in [1.54, 1.807) is 11.3 Å². The zero-order valence-corrected chi connectivity index (χ0v) is 30.8. The Hall–Kier alpha value is -7.21. The first-order chi connectivity index (χ1) is 27.7. The fourth-order valence-electron chi connectivity index (χ4n) is 8.58. The molecule has 0 radical (unpaired) electrons. The Labute approximate surface area is 325 Å². The van der Waals surface area contributed by atoms with Crippen molar-refractivity contribution in [1.82, 2.24) is 19.5 Å². The van der Waals surface area contributed by atoms with Gasteiger partial charge in [-0.3, -0.25) is 0 Å². The molecule has 0 spiro atoms. The molecule has 3 heterocycles. The van der Waals surface area contributed by atoms with Crippen LogP contribution >= 0.6 is 11.3 Å². The fourth-order valence-corrected chi connectivity index (χ4v) is 9.81. The van der Waals surface area contributed by atoms with Gasteiger partial charge in [-0.05, 0) is 74.8 Å². The SMILES string of the molecule is c1ccc(-c2nc(-c3ccc4c(ccc5ccccc54)c3)nc(-c3ccc(-n4c5ccccc5c5cc6ccccc6cc54)c4c3sc3ccccc34)n2)cc1. The van der Waals surface area contributed by atoms with Gasteiger partial charge >= 0.3 is 0 Å². The molecule has 0 unspecified atom stereocenters. The van der Waals surface area contributed by atoms with Crippen LogP contribution in [-0.2, 0) is 0 Å². The third-order valence-corrected chi connectivity index (χ3v) is 12.4. The molecule has 0 aliphatic heterocycles. The summed E-state index contributed by atoms with van der Waals surface area (Å²) in [5.41, 5.74) is 6.40. The lowest BCUT2D eigenvalue weighted by Gasteiger charge is -2.14. The molecule has 12 aromatic rings. The van der Waals surface area contributed by atoms with Crippen LogP contribution in [0.1, 0.15) is 0 Å². The minimum Gasteiger partial charge on any atom is -0.309 e. The van der Waals surface area contributed by atoms with E-state index in [4.69, 9.17) is 15.0 Å².